The van der Waals surface area contributed by atoms with Gasteiger partial charge in [0.15, 0.2) is 0 Å². The van der Waals surface area contributed by atoms with E-state index in [4.69, 9.17) is 0 Å². The zero-order valence-corrected chi connectivity index (χ0v) is 7.29. The van der Waals surface area contributed by atoms with Crippen LogP contribution in [0.3, 0.4) is 0 Å². The summed E-state index contributed by atoms with van der Waals surface area (Å²) in [6, 6.07) is 0.617. The second kappa shape index (κ2) is 3.81. The fraction of sp³-hybridized carbons (Fsp3) is 1.00. The third-order valence-electron chi connectivity index (χ3n) is 2.38. The predicted octanol–water partition coefficient (Wildman–Crippen LogP) is 1.48. The molecular weight excluding hydrogens is 140 g/mol. The van der Waals surface area contributed by atoms with Crippen molar-refractivity contribution in [2.75, 3.05) is 19.6 Å². The van der Waals surface area contributed by atoms with Crippen molar-refractivity contribution in [3.8, 4) is 0 Å². The zero-order valence-electron chi connectivity index (χ0n) is 7.29. The van der Waals surface area contributed by atoms with Gasteiger partial charge in [0.2, 0.25) is 0 Å². The molecule has 0 aliphatic carbocycles. The average Bonchev–Trinajstić information content (AvgIpc) is 2.37. The number of rotatable bonds is 3. The molecule has 1 aliphatic rings. The van der Waals surface area contributed by atoms with Crippen molar-refractivity contribution >= 4 is 0 Å². The van der Waals surface area contributed by atoms with E-state index in [1.54, 1.807) is 0 Å². The highest BCUT2D eigenvalue weighted by Gasteiger charge is 2.23. The molecule has 3 nitrogen and oxygen atoms in total. The summed E-state index contributed by atoms with van der Waals surface area (Å²) >= 11 is 0. The van der Waals surface area contributed by atoms with E-state index in [0.29, 0.717) is 18.5 Å². The van der Waals surface area contributed by atoms with Gasteiger partial charge in [-0.15, -0.1) is 0 Å². The van der Waals surface area contributed by atoms with Gasteiger partial charge in [0.1, 0.15) is 0 Å². The Kier molecular flexibility index (Phi) is 3.00. The van der Waals surface area contributed by atoms with Crippen LogP contribution in [0.1, 0.15) is 20.3 Å². The van der Waals surface area contributed by atoms with E-state index in [9.17, 15) is 4.91 Å². The summed E-state index contributed by atoms with van der Waals surface area (Å²) in [5.41, 5.74) is 0. The molecule has 0 aromatic carbocycles. The molecule has 1 atom stereocenters. The Morgan fingerprint density at radius 1 is 1.64 bits per heavy atom. The largest absolute Gasteiger partial charge is 0.301 e. The number of hydrogen-bond acceptors (Lipinski definition) is 3. The predicted molar refractivity (Wildman–Crippen MR) is 45.5 cm³/mol. The van der Waals surface area contributed by atoms with Gasteiger partial charge in [0.05, 0.1) is 6.54 Å². The molecule has 1 saturated heterocycles. The van der Waals surface area contributed by atoms with E-state index in [1.165, 1.54) is 0 Å². The number of nitroso groups, excluding NO2 is 1. The first-order chi connectivity index (χ1) is 5.24. The van der Waals surface area contributed by atoms with Gasteiger partial charge in [-0.1, -0.05) is 5.18 Å². The maximum absolute atomic E-state index is 9.97. The summed E-state index contributed by atoms with van der Waals surface area (Å²) < 4.78 is 0. The Bertz CT molecular complexity index is 136. The maximum Gasteiger partial charge on any atom is 0.0852 e. The van der Waals surface area contributed by atoms with Gasteiger partial charge in [0.25, 0.3) is 0 Å². The van der Waals surface area contributed by atoms with E-state index < -0.39 is 0 Å². The molecule has 0 radical (unpaired) electrons. The average molecular weight is 156 g/mol. The molecule has 0 saturated carbocycles. The summed E-state index contributed by atoms with van der Waals surface area (Å²) in [6.07, 6.45) is 1.14. The molecule has 1 heterocycles. The smallest absolute Gasteiger partial charge is 0.0852 e. The van der Waals surface area contributed by atoms with Crippen LogP contribution < -0.4 is 0 Å². The molecule has 0 aromatic heterocycles. The Morgan fingerprint density at radius 2 is 2.36 bits per heavy atom. The van der Waals surface area contributed by atoms with Crippen LogP contribution in [-0.4, -0.2) is 30.6 Å². The second-order valence-electron chi connectivity index (χ2n) is 3.56. The van der Waals surface area contributed by atoms with E-state index in [1.807, 2.05) is 0 Å². The Hall–Kier alpha value is -0.440. The highest BCUT2D eigenvalue weighted by Crippen LogP contribution is 2.18. The normalized spacial score (nSPS) is 26.3. The minimum absolute atomic E-state index is 0.503. The molecule has 1 fully saturated rings. The van der Waals surface area contributed by atoms with E-state index in [2.05, 4.69) is 23.9 Å². The SMILES string of the molecule is CC(C)N1CCC(CN=O)C1. The van der Waals surface area contributed by atoms with Crippen molar-refractivity contribution in [2.45, 2.75) is 26.3 Å². The lowest BCUT2D eigenvalue weighted by molar-refractivity contribution is 0.266. The minimum atomic E-state index is 0.503. The van der Waals surface area contributed by atoms with Crippen LogP contribution in [-0.2, 0) is 0 Å². The van der Waals surface area contributed by atoms with Gasteiger partial charge >= 0.3 is 0 Å². The van der Waals surface area contributed by atoms with Crippen LogP contribution in [0.15, 0.2) is 5.18 Å². The van der Waals surface area contributed by atoms with Crippen LogP contribution in [0.25, 0.3) is 0 Å². The molecule has 1 aliphatic heterocycles. The van der Waals surface area contributed by atoms with Gasteiger partial charge in [-0.25, -0.2) is 0 Å². The molecule has 11 heavy (non-hydrogen) atoms. The fourth-order valence-corrected chi connectivity index (χ4v) is 1.59. The maximum atomic E-state index is 9.97. The number of hydrogen-bond donors (Lipinski definition) is 0. The first-order valence-corrected chi connectivity index (χ1v) is 4.27. The van der Waals surface area contributed by atoms with Gasteiger partial charge < -0.3 is 4.90 Å². The van der Waals surface area contributed by atoms with E-state index in [0.717, 1.165) is 19.5 Å². The first kappa shape index (κ1) is 8.65. The lowest BCUT2D eigenvalue weighted by Gasteiger charge is -2.19. The zero-order chi connectivity index (χ0) is 8.27. The van der Waals surface area contributed by atoms with Crippen LogP contribution >= 0.6 is 0 Å². The standard InChI is InChI=1S/C8H16N2O/c1-7(2)10-4-3-8(6-10)5-9-11/h7-8H,3-6H2,1-2H3. The molecule has 0 N–H and O–H groups in total. The lowest BCUT2D eigenvalue weighted by atomic mass is 10.1. The van der Waals surface area contributed by atoms with Gasteiger partial charge in [0, 0.05) is 12.6 Å². The van der Waals surface area contributed by atoms with E-state index in [-0.39, 0.29) is 0 Å². The van der Waals surface area contributed by atoms with Gasteiger partial charge in [-0.05, 0) is 32.7 Å². The summed E-state index contributed by atoms with van der Waals surface area (Å²) in [4.78, 5) is 12.4. The molecule has 0 spiro atoms. The van der Waals surface area contributed by atoms with Crippen molar-refractivity contribution in [1.82, 2.24) is 4.90 Å². The lowest BCUT2D eigenvalue weighted by Crippen LogP contribution is -2.28. The van der Waals surface area contributed by atoms with Gasteiger partial charge in [-0.2, -0.15) is 4.91 Å². The number of nitrogens with zero attached hydrogens (tertiary/aromatic N) is 2. The minimum Gasteiger partial charge on any atom is -0.301 e. The van der Waals surface area contributed by atoms with Crippen molar-refractivity contribution in [1.29, 1.82) is 0 Å². The first-order valence-electron chi connectivity index (χ1n) is 4.27. The van der Waals surface area contributed by atoms with E-state index >= 15 is 0 Å². The van der Waals surface area contributed by atoms with Crippen molar-refractivity contribution in [2.24, 2.45) is 11.1 Å². The topological polar surface area (TPSA) is 32.7 Å². The van der Waals surface area contributed by atoms with Crippen LogP contribution in [0.2, 0.25) is 0 Å². The van der Waals surface area contributed by atoms with Crippen molar-refractivity contribution in [3.63, 3.8) is 0 Å². The summed E-state index contributed by atoms with van der Waals surface area (Å²) in [6.45, 7) is 7.08. The van der Waals surface area contributed by atoms with Crippen molar-refractivity contribution in [3.05, 3.63) is 4.91 Å². The summed E-state index contributed by atoms with van der Waals surface area (Å²) in [7, 11) is 0. The summed E-state index contributed by atoms with van der Waals surface area (Å²) in [5, 5.41) is 2.93. The molecule has 1 rings (SSSR count). The Labute approximate surface area is 67.7 Å². The number of likely N-dealkylation sites (tertiary alicyclic amines) is 1. The quantitative estimate of drug-likeness (QED) is 0.580. The molecule has 0 bridgehead atoms. The Balaban J connectivity index is 2.28. The van der Waals surface area contributed by atoms with Gasteiger partial charge in [-0.3, -0.25) is 0 Å². The highest BCUT2D eigenvalue weighted by atomic mass is 16.3. The second-order valence-corrected chi connectivity index (χ2v) is 3.56. The molecule has 0 amide bonds. The highest BCUT2D eigenvalue weighted by molar-refractivity contribution is 4.78. The Morgan fingerprint density at radius 3 is 2.82 bits per heavy atom. The molecular formula is C8H16N2O. The van der Waals surface area contributed by atoms with Crippen LogP contribution in [0.4, 0.5) is 0 Å². The molecule has 64 valence electrons. The fourth-order valence-electron chi connectivity index (χ4n) is 1.59. The molecule has 3 heteroatoms. The molecule has 0 aromatic rings. The third kappa shape index (κ3) is 2.26. The van der Waals surface area contributed by atoms with Crippen LogP contribution in [0, 0.1) is 10.8 Å². The van der Waals surface area contributed by atoms with Crippen LogP contribution in [0.5, 0.6) is 0 Å². The summed E-state index contributed by atoms with van der Waals surface area (Å²) in [5.74, 6) is 0.523. The monoisotopic (exact) mass is 156 g/mol. The third-order valence-corrected chi connectivity index (χ3v) is 2.38. The molecule has 1 unspecified atom stereocenters. The van der Waals surface area contributed by atoms with Crippen molar-refractivity contribution < 1.29 is 0 Å².